The number of Topliss-reactive ketones (excluding diaryl/α,β-unsaturated/α-hetero) is 1. The number of carbonyl (C=O) groups is 1. The Labute approximate surface area is 81.3 Å². The second-order valence-corrected chi connectivity index (χ2v) is 3.13. The van der Waals surface area contributed by atoms with Crippen molar-refractivity contribution in [2.24, 2.45) is 0 Å². The molecule has 1 aromatic rings. The normalized spacial score (nSPS) is 10.1. The summed E-state index contributed by atoms with van der Waals surface area (Å²) < 4.78 is 13.3. The van der Waals surface area contributed by atoms with Crippen LogP contribution in [0.2, 0.25) is 0 Å². The van der Waals surface area contributed by atoms with E-state index in [0.29, 0.717) is 0 Å². The van der Waals surface area contributed by atoms with Gasteiger partial charge in [-0.2, -0.15) is 0 Å². The summed E-state index contributed by atoms with van der Waals surface area (Å²) in [6.07, 6.45) is 0. The van der Waals surface area contributed by atoms with Crippen LogP contribution in [0.4, 0.5) is 4.39 Å². The van der Waals surface area contributed by atoms with E-state index in [2.05, 4.69) is 0 Å². The number of rotatable bonds is 2. The van der Waals surface area contributed by atoms with Crippen molar-refractivity contribution >= 4 is 18.4 Å². The molecule has 0 spiro atoms. The van der Waals surface area contributed by atoms with E-state index in [4.69, 9.17) is 10.0 Å². The van der Waals surface area contributed by atoms with Crippen LogP contribution in [0, 0.1) is 12.7 Å². The standard InChI is InChI=1S/C9H10BFO3/c1-5-3-7(6(2)12)4-8(9(5)11)10(13)14/h3-4,13-14H,1-2H3. The van der Waals surface area contributed by atoms with Crippen molar-refractivity contribution in [1.29, 1.82) is 0 Å². The number of ketones is 1. The summed E-state index contributed by atoms with van der Waals surface area (Å²) in [6, 6.07) is 2.53. The SMILES string of the molecule is CC(=O)c1cc(C)c(F)c(B(O)O)c1. The largest absolute Gasteiger partial charge is 0.491 e. The van der Waals surface area contributed by atoms with Gasteiger partial charge in [0.1, 0.15) is 5.82 Å². The molecule has 0 saturated heterocycles. The molecule has 1 aromatic carbocycles. The molecule has 0 aromatic heterocycles. The fourth-order valence-corrected chi connectivity index (χ4v) is 1.19. The molecule has 0 atom stereocenters. The molecule has 0 fully saturated rings. The number of hydrogen-bond acceptors (Lipinski definition) is 3. The van der Waals surface area contributed by atoms with Gasteiger partial charge in [-0.15, -0.1) is 0 Å². The molecule has 1 rings (SSSR count). The second-order valence-electron chi connectivity index (χ2n) is 3.13. The fourth-order valence-electron chi connectivity index (χ4n) is 1.19. The van der Waals surface area contributed by atoms with Crippen molar-refractivity contribution in [2.75, 3.05) is 0 Å². The Morgan fingerprint density at radius 1 is 1.43 bits per heavy atom. The van der Waals surface area contributed by atoms with Gasteiger partial charge in [0.15, 0.2) is 5.78 Å². The van der Waals surface area contributed by atoms with Crippen LogP contribution in [-0.2, 0) is 0 Å². The third kappa shape index (κ3) is 2.00. The number of aryl methyl sites for hydroxylation is 1. The summed E-state index contributed by atoms with van der Waals surface area (Å²) in [5, 5.41) is 17.7. The van der Waals surface area contributed by atoms with E-state index in [-0.39, 0.29) is 22.4 Å². The molecule has 2 N–H and O–H groups in total. The second kappa shape index (κ2) is 3.90. The van der Waals surface area contributed by atoms with Crippen molar-refractivity contribution < 1.29 is 19.2 Å². The van der Waals surface area contributed by atoms with Crippen LogP contribution >= 0.6 is 0 Å². The van der Waals surface area contributed by atoms with Gasteiger partial charge in [-0.05, 0) is 31.5 Å². The van der Waals surface area contributed by atoms with Gasteiger partial charge in [0.25, 0.3) is 0 Å². The first-order chi connectivity index (χ1) is 6.43. The molecule has 0 aliphatic carbocycles. The third-order valence-corrected chi connectivity index (χ3v) is 1.97. The van der Waals surface area contributed by atoms with E-state index in [9.17, 15) is 9.18 Å². The highest BCUT2D eigenvalue weighted by atomic mass is 19.1. The Bertz CT molecular complexity index is 377. The van der Waals surface area contributed by atoms with Crippen molar-refractivity contribution in [3.05, 3.63) is 29.1 Å². The first-order valence-corrected chi connectivity index (χ1v) is 4.10. The summed E-state index contributed by atoms with van der Waals surface area (Å²) in [4.78, 5) is 11.0. The van der Waals surface area contributed by atoms with Crippen LogP contribution in [0.5, 0.6) is 0 Å². The molecule has 0 heterocycles. The third-order valence-electron chi connectivity index (χ3n) is 1.97. The summed E-state index contributed by atoms with van der Waals surface area (Å²) in [5.74, 6) is -0.931. The predicted molar refractivity (Wildman–Crippen MR) is 51.0 cm³/mol. The van der Waals surface area contributed by atoms with E-state index in [1.165, 1.54) is 19.9 Å². The Balaban J connectivity index is 3.35. The molecule has 0 aliphatic rings. The lowest BCUT2D eigenvalue weighted by atomic mass is 9.78. The maximum absolute atomic E-state index is 13.3. The molecule has 14 heavy (non-hydrogen) atoms. The summed E-state index contributed by atoms with van der Waals surface area (Å²) in [7, 11) is -1.90. The maximum Gasteiger partial charge on any atom is 0.491 e. The molecular weight excluding hydrogens is 186 g/mol. The number of benzene rings is 1. The van der Waals surface area contributed by atoms with Crippen LogP contribution in [0.3, 0.4) is 0 Å². The number of halogens is 1. The molecule has 0 amide bonds. The van der Waals surface area contributed by atoms with Crippen molar-refractivity contribution in [2.45, 2.75) is 13.8 Å². The smallest absolute Gasteiger partial charge is 0.423 e. The zero-order valence-electron chi connectivity index (χ0n) is 7.91. The lowest BCUT2D eigenvalue weighted by Crippen LogP contribution is -2.34. The van der Waals surface area contributed by atoms with Gasteiger partial charge in [-0.3, -0.25) is 4.79 Å². The first kappa shape index (κ1) is 10.9. The van der Waals surface area contributed by atoms with Crippen LogP contribution < -0.4 is 5.46 Å². The highest BCUT2D eigenvalue weighted by Crippen LogP contribution is 2.08. The minimum Gasteiger partial charge on any atom is -0.423 e. The molecular formula is C9H10BFO3. The summed E-state index contributed by atoms with van der Waals surface area (Å²) in [5.41, 5.74) is 0.225. The Morgan fingerprint density at radius 2 is 2.00 bits per heavy atom. The molecule has 0 bridgehead atoms. The lowest BCUT2D eigenvalue weighted by molar-refractivity contribution is 0.101. The topological polar surface area (TPSA) is 57.5 Å². The predicted octanol–water partition coefficient (Wildman–Crippen LogP) is 0.0165. The summed E-state index contributed by atoms with van der Waals surface area (Å²) >= 11 is 0. The minimum atomic E-state index is -1.90. The number of hydrogen-bond donors (Lipinski definition) is 2. The van der Waals surface area contributed by atoms with Gasteiger partial charge in [-0.25, -0.2) is 4.39 Å². The van der Waals surface area contributed by atoms with E-state index < -0.39 is 12.9 Å². The van der Waals surface area contributed by atoms with Crippen molar-refractivity contribution in [3.8, 4) is 0 Å². The minimum absolute atomic E-state index is 0.223. The molecule has 0 aliphatic heterocycles. The zero-order chi connectivity index (χ0) is 10.9. The number of carbonyl (C=O) groups excluding carboxylic acids is 1. The van der Waals surface area contributed by atoms with Gasteiger partial charge in [-0.1, -0.05) is 0 Å². The van der Waals surface area contributed by atoms with Crippen LogP contribution in [0.15, 0.2) is 12.1 Å². The molecule has 74 valence electrons. The van der Waals surface area contributed by atoms with Crippen LogP contribution in [0.25, 0.3) is 0 Å². The van der Waals surface area contributed by atoms with Crippen molar-refractivity contribution in [1.82, 2.24) is 0 Å². The first-order valence-electron chi connectivity index (χ1n) is 4.10. The molecule has 3 nitrogen and oxygen atoms in total. The molecule has 0 unspecified atom stereocenters. The summed E-state index contributed by atoms with van der Waals surface area (Å²) in [6.45, 7) is 2.80. The van der Waals surface area contributed by atoms with E-state index in [1.807, 2.05) is 0 Å². The van der Waals surface area contributed by atoms with E-state index in [0.717, 1.165) is 6.07 Å². The Hall–Kier alpha value is -1.20. The van der Waals surface area contributed by atoms with Gasteiger partial charge in [0, 0.05) is 11.0 Å². The van der Waals surface area contributed by atoms with Crippen molar-refractivity contribution in [3.63, 3.8) is 0 Å². The fraction of sp³-hybridized carbons (Fsp3) is 0.222. The quantitative estimate of drug-likeness (QED) is 0.517. The van der Waals surface area contributed by atoms with Crippen LogP contribution in [0.1, 0.15) is 22.8 Å². The van der Waals surface area contributed by atoms with Gasteiger partial charge < -0.3 is 10.0 Å². The highest BCUT2D eigenvalue weighted by Gasteiger charge is 2.19. The zero-order valence-corrected chi connectivity index (χ0v) is 7.91. The molecule has 0 saturated carbocycles. The monoisotopic (exact) mass is 196 g/mol. The van der Waals surface area contributed by atoms with Gasteiger partial charge in [0.2, 0.25) is 0 Å². The maximum atomic E-state index is 13.3. The average molecular weight is 196 g/mol. The van der Waals surface area contributed by atoms with E-state index in [1.54, 1.807) is 0 Å². The molecule has 0 radical (unpaired) electrons. The van der Waals surface area contributed by atoms with Gasteiger partial charge >= 0.3 is 7.12 Å². The van der Waals surface area contributed by atoms with Gasteiger partial charge in [0.05, 0.1) is 0 Å². The van der Waals surface area contributed by atoms with E-state index >= 15 is 0 Å². The average Bonchev–Trinajstić information content (AvgIpc) is 2.08. The van der Waals surface area contributed by atoms with Crippen LogP contribution in [-0.4, -0.2) is 22.9 Å². The Morgan fingerprint density at radius 3 is 2.43 bits per heavy atom. The lowest BCUT2D eigenvalue weighted by Gasteiger charge is -2.06. The highest BCUT2D eigenvalue weighted by molar-refractivity contribution is 6.58. The Kier molecular flexibility index (Phi) is 3.03. The molecule has 5 heteroatoms.